The minimum Gasteiger partial charge on any atom is -0.478 e. The minimum absolute atomic E-state index is 0.160. The fraction of sp³-hybridized carbons (Fsp3) is 0.200. The van der Waals surface area contributed by atoms with Crippen LogP contribution in [0.15, 0.2) is 60.2 Å². The van der Waals surface area contributed by atoms with Crippen molar-refractivity contribution >= 4 is 11.9 Å². The van der Waals surface area contributed by atoms with Crippen molar-refractivity contribution in [3.63, 3.8) is 0 Å². The summed E-state index contributed by atoms with van der Waals surface area (Å²) in [6.45, 7) is 3.95. The maximum atomic E-state index is 11.1. The molecule has 0 heterocycles. The van der Waals surface area contributed by atoms with Crippen LogP contribution < -0.4 is 0 Å². The topological polar surface area (TPSA) is 74.6 Å². The Hall–Kier alpha value is -2.88. The van der Waals surface area contributed by atoms with E-state index in [1.807, 2.05) is 44.2 Å². The number of benzene rings is 2. The third-order valence-corrected chi connectivity index (χ3v) is 3.86. The summed E-state index contributed by atoms with van der Waals surface area (Å²) >= 11 is 0. The highest BCUT2D eigenvalue weighted by Crippen LogP contribution is 2.23. The smallest absolute Gasteiger partial charge is 0.335 e. The average Bonchev–Trinajstić information content (AvgIpc) is 2.54. The summed E-state index contributed by atoms with van der Waals surface area (Å²) in [5.41, 5.74) is 3.90. The summed E-state index contributed by atoms with van der Waals surface area (Å²) < 4.78 is 0. The second kappa shape index (κ2) is 7.59. The van der Waals surface area contributed by atoms with Gasteiger partial charge in [0.1, 0.15) is 0 Å². The molecule has 0 bridgehead atoms. The fourth-order valence-corrected chi connectivity index (χ4v) is 2.46. The van der Waals surface area contributed by atoms with Gasteiger partial charge in [-0.25, -0.2) is 9.59 Å². The van der Waals surface area contributed by atoms with E-state index in [2.05, 4.69) is 0 Å². The monoisotopic (exact) mass is 324 g/mol. The molecule has 0 aliphatic heterocycles. The quantitative estimate of drug-likeness (QED) is 0.779. The molecule has 0 radical (unpaired) electrons. The van der Waals surface area contributed by atoms with Crippen molar-refractivity contribution in [3.8, 4) is 11.1 Å². The van der Waals surface area contributed by atoms with Gasteiger partial charge in [-0.05, 0) is 41.2 Å². The molecule has 0 atom stereocenters. The van der Waals surface area contributed by atoms with E-state index in [-0.39, 0.29) is 11.5 Å². The van der Waals surface area contributed by atoms with E-state index in [1.54, 1.807) is 18.2 Å². The van der Waals surface area contributed by atoms with E-state index in [1.165, 1.54) is 6.08 Å². The number of rotatable bonds is 6. The molecule has 0 aromatic heterocycles. The lowest BCUT2D eigenvalue weighted by Crippen LogP contribution is -2.02. The van der Waals surface area contributed by atoms with Crippen LogP contribution in [0.5, 0.6) is 0 Å². The SMILES string of the molecule is CC(C)/C(=C\C(=O)O)Cc1ccc(-c2cccc(C(=O)O)c2)cc1. The molecule has 24 heavy (non-hydrogen) atoms. The number of carboxylic acid groups (broad SMARTS) is 2. The zero-order chi connectivity index (χ0) is 17.7. The Bertz CT molecular complexity index is 770. The van der Waals surface area contributed by atoms with Crippen LogP contribution >= 0.6 is 0 Å². The Kier molecular flexibility index (Phi) is 5.53. The third-order valence-electron chi connectivity index (χ3n) is 3.86. The maximum absolute atomic E-state index is 11.1. The van der Waals surface area contributed by atoms with Gasteiger partial charge in [-0.2, -0.15) is 0 Å². The van der Waals surface area contributed by atoms with Crippen LogP contribution in [0.4, 0.5) is 0 Å². The van der Waals surface area contributed by atoms with Crippen molar-refractivity contribution < 1.29 is 19.8 Å². The number of hydrogen-bond donors (Lipinski definition) is 2. The van der Waals surface area contributed by atoms with Crippen LogP contribution in [0.2, 0.25) is 0 Å². The van der Waals surface area contributed by atoms with E-state index in [4.69, 9.17) is 10.2 Å². The molecule has 0 aliphatic rings. The number of aliphatic carboxylic acids is 1. The molecule has 2 rings (SSSR count). The normalized spacial score (nSPS) is 11.5. The summed E-state index contributed by atoms with van der Waals surface area (Å²) in [7, 11) is 0. The molecule has 0 saturated heterocycles. The zero-order valence-electron chi connectivity index (χ0n) is 13.7. The first-order chi connectivity index (χ1) is 11.4. The van der Waals surface area contributed by atoms with Crippen molar-refractivity contribution in [2.75, 3.05) is 0 Å². The summed E-state index contributed by atoms with van der Waals surface area (Å²) in [5, 5.41) is 18.0. The summed E-state index contributed by atoms with van der Waals surface area (Å²) in [6.07, 6.45) is 1.86. The molecule has 124 valence electrons. The molecule has 4 nitrogen and oxygen atoms in total. The first kappa shape index (κ1) is 17.5. The van der Waals surface area contributed by atoms with Crippen molar-refractivity contribution in [1.29, 1.82) is 0 Å². The molecule has 0 spiro atoms. The molecule has 0 aliphatic carbocycles. The Labute approximate surface area is 141 Å². The molecule has 2 aromatic rings. The van der Waals surface area contributed by atoms with Gasteiger partial charge in [0.15, 0.2) is 0 Å². The van der Waals surface area contributed by atoms with Gasteiger partial charge in [-0.15, -0.1) is 0 Å². The van der Waals surface area contributed by atoms with Crippen molar-refractivity contribution in [2.24, 2.45) is 5.92 Å². The van der Waals surface area contributed by atoms with Gasteiger partial charge in [0.2, 0.25) is 0 Å². The average molecular weight is 324 g/mol. The molecule has 0 saturated carbocycles. The minimum atomic E-state index is -0.950. The maximum Gasteiger partial charge on any atom is 0.335 e. The van der Waals surface area contributed by atoms with Gasteiger partial charge in [0, 0.05) is 6.08 Å². The second-order valence-electron chi connectivity index (χ2n) is 5.97. The van der Waals surface area contributed by atoms with Gasteiger partial charge in [-0.3, -0.25) is 0 Å². The van der Waals surface area contributed by atoms with Crippen LogP contribution in [0, 0.1) is 5.92 Å². The van der Waals surface area contributed by atoms with Gasteiger partial charge in [-0.1, -0.05) is 55.8 Å². The van der Waals surface area contributed by atoms with E-state index in [0.29, 0.717) is 6.42 Å². The predicted octanol–water partition coefficient (Wildman–Crippen LogP) is 4.26. The molecule has 2 aromatic carbocycles. The van der Waals surface area contributed by atoms with Gasteiger partial charge in [0.25, 0.3) is 0 Å². The second-order valence-corrected chi connectivity index (χ2v) is 5.97. The fourth-order valence-electron chi connectivity index (χ4n) is 2.46. The number of carboxylic acids is 2. The number of carbonyl (C=O) groups is 2. The van der Waals surface area contributed by atoms with Gasteiger partial charge < -0.3 is 10.2 Å². The van der Waals surface area contributed by atoms with Gasteiger partial charge >= 0.3 is 11.9 Å². The van der Waals surface area contributed by atoms with Crippen LogP contribution in [-0.4, -0.2) is 22.2 Å². The largest absolute Gasteiger partial charge is 0.478 e. The number of aromatic carboxylic acids is 1. The van der Waals surface area contributed by atoms with Crippen molar-refractivity contribution in [2.45, 2.75) is 20.3 Å². The zero-order valence-corrected chi connectivity index (χ0v) is 13.7. The van der Waals surface area contributed by atoms with Crippen molar-refractivity contribution in [3.05, 3.63) is 71.3 Å². The Balaban J connectivity index is 2.23. The van der Waals surface area contributed by atoms with E-state index in [9.17, 15) is 9.59 Å². The lowest BCUT2D eigenvalue weighted by molar-refractivity contribution is -0.131. The van der Waals surface area contributed by atoms with Gasteiger partial charge in [0.05, 0.1) is 5.56 Å². The van der Waals surface area contributed by atoms with E-state index < -0.39 is 11.9 Å². The molecule has 4 heteroatoms. The highest BCUT2D eigenvalue weighted by Gasteiger charge is 2.08. The lowest BCUT2D eigenvalue weighted by atomic mass is 9.94. The number of hydrogen-bond acceptors (Lipinski definition) is 2. The Morgan fingerprint density at radius 2 is 1.67 bits per heavy atom. The summed E-state index contributed by atoms with van der Waals surface area (Å²) in [4.78, 5) is 22.0. The van der Waals surface area contributed by atoms with Crippen LogP contribution in [0.3, 0.4) is 0 Å². The van der Waals surface area contributed by atoms with Crippen LogP contribution in [0.25, 0.3) is 11.1 Å². The Morgan fingerprint density at radius 3 is 2.21 bits per heavy atom. The summed E-state index contributed by atoms with van der Waals surface area (Å²) in [5.74, 6) is -1.72. The van der Waals surface area contributed by atoms with E-state index in [0.717, 1.165) is 22.3 Å². The van der Waals surface area contributed by atoms with E-state index >= 15 is 0 Å². The standard InChI is InChI=1S/C20H20O4/c1-13(2)18(12-19(21)22)10-14-6-8-15(9-7-14)16-4-3-5-17(11-16)20(23)24/h3-9,11-13H,10H2,1-2H3,(H,21,22)(H,23,24)/b18-12-. The molecule has 0 unspecified atom stereocenters. The molecule has 0 amide bonds. The van der Waals surface area contributed by atoms with Crippen molar-refractivity contribution in [1.82, 2.24) is 0 Å². The highest BCUT2D eigenvalue weighted by atomic mass is 16.4. The lowest BCUT2D eigenvalue weighted by Gasteiger charge is -2.11. The predicted molar refractivity (Wildman–Crippen MR) is 93.1 cm³/mol. The van der Waals surface area contributed by atoms with Crippen LogP contribution in [-0.2, 0) is 11.2 Å². The molecule has 0 fully saturated rings. The Morgan fingerprint density at radius 1 is 1.00 bits per heavy atom. The highest BCUT2D eigenvalue weighted by molar-refractivity contribution is 5.89. The molecular weight excluding hydrogens is 304 g/mol. The summed E-state index contributed by atoms with van der Waals surface area (Å²) in [6, 6.07) is 14.5. The first-order valence-corrected chi connectivity index (χ1v) is 7.73. The molecule has 2 N–H and O–H groups in total. The third kappa shape index (κ3) is 4.56. The first-order valence-electron chi connectivity index (χ1n) is 7.73. The molecular formula is C20H20O4. The van der Waals surface area contributed by atoms with Crippen LogP contribution in [0.1, 0.15) is 29.8 Å². The number of allylic oxidation sites excluding steroid dienone is 1.